The average Bonchev–Trinajstić information content (AvgIpc) is 2.97. The molecule has 0 atom stereocenters. The van der Waals surface area contributed by atoms with Gasteiger partial charge in [-0.3, -0.25) is 0 Å². The maximum Gasteiger partial charge on any atom is 0.308 e. The minimum atomic E-state index is -3.58. The van der Waals surface area contributed by atoms with Gasteiger partial charge in [-0.2, -0.15) is 12.7 Å². The largest absolute Gasteiger partial charge is 0.308 e. The Morgan fingerprint density at radius 1 is 1.00 bits per heavy atom. The molecule has 0 saturated heterocycles. The molecule has 23 heavy (non-hydrogen) atoms. The first-order valence-electron chi connectivity index (χ1n) is 7.12. The number of rotatable bonds is 4. The summed E-state index contributed by atoms with van der Waals surface area (Å²) >= 11 is 0. The molecule has 3 aromatic rings. The first-order chi connectivity index (χ1) is 11.0. The van der Waals surface area contributed by atoms with Crippen LogP contribution in [-0.4, -0.2) is 35.8 Å². The van der Waals surface area contributed by atoms with Crippen molar-refractivity contribution in [1.29, 1.82) is 0 Å². The Labute approximate surface area is 135 Å². The van der Waals surface area contributed by atoms with Gasteiger partial charge >= 0.3 is 10.2 Å². The van der Waals surface area contributed by atoms with Crippen LogP contribution in [0.1, 0.15) is 11.1 Å². The van der Waals surface area contributed by atoms with Crippen LogP contribution < -0.4 is 0 Å². The van der Waals surface area contributed by atoms with Crippen LogP contribution in [0.5, 0.6) is 0 Å². The lowest BCUT2D eigenvalue weighted by Crippen LogP contribution is -2.28. The molecule has 0 N–H and O–H groups in total. The number of benzene rings is 2. The SMILES string of the molecule is CN(C)S(=O)(=O)n1cnc2ccc(C=Cc3ccccc3)cc21. The van der Waals surface area contributed by atoms with Gasteiger partial charge in [0.05, 0.1) is 11.0 Å². The highest BCUT2D eigenvalue weighted by molar-refractivity contribution is 7.87. The van der Waals surface area contributed by atoms with Crippen molar-refractivity contribution in [3.05, 3.63) is 66.0 Å². The van der Waals surface area contributed by atoms with Crippen molar-refractivity contribution in [2.24, 2.45) is 0 Å². The van der Waals surface area contributed by atoms with Crippen LogP contribution in [0.15, 0.2) is 54.9 Å². The van der Waals surface area contributed by atoms with Gasteiger partial charge in [0.25, 0.3) is 0 Å². The highest BCUT2D eigenvalue weighted by atomic mass is 32.2. The molecule has 0 aliphatic rings. The maximum atomic E-state index is 12.3. The van der Waals surface area contributed by atoms with Crippen LogP contribution in [0.4, 0.5) is 0 Å². The standard InChI is InChI=1S/C17H17N3O2S/c1-19(2)23(21,22)20-13-18-16-11-10-15(12-17(16)20)9-8-14-6-4-3-5-7-14/h3-13H,1-2H3. The van der Waals surface area contributed by atoms with E-state index in [1.807, 2.05) is 60.7 Å². The summed E-state index contributed by atoms with van der Waals surface area (Å²) in [6.07, 6.45) is 5.28. The minimum absolute atomic E-state index is 0.564. The van der Waals surface area contributed by atoms with Crippen molar-refractivity contribution in [2.75, 3.05) is 14.1 Å². The Hall–Kier alpha value is -2.44. The van der Waals surface area contributed by atoms with Gasteiger partial charge in [-0.15, -0.1) is 0 Å². The molecule has 0 fully saturated rings. The molecule has 5 nitrogen and oxygen atoms in total. The van der Waals surface area contributed by atoms with Crippen LogP contribution in [0.25, 0.3) is 23.2 Å². The minimum Gasteiger partial charge on any atom is -0.236 e. The molecule has 0 aliphatic heterocycles. The number of fused-ring (bicyclic) bond motifs is 1. The van der Waals surface area contributed by atoms with Crippen LogP contribution in [0.3, 0.4) is 0 Å². The molecule has 1 aromatic heterocycles. The summed E-state index contributed by atoms with van der Waals surface area (Å²) in [7, 11) is -0.580. The second-order valence-corrected chi connectivity index (χ2v) is 7.34. The van der Waals surface area contributed by atoms with Crippen LogP contribution in [0, 0.1) is 0 Å². The maximum absolute atomic E-state index is 12.3. The van der Waals surface area contributed by atoms with Gasteiger partial charge in [-0.05, 0) is 23.3 Å². The third kappa shape index (κ3) is 3.04. The lowest BCUT2D eigenvalue weighted by atomic mass is 10.1. The van der Waals surface area contributed by atoms with E-state index in [1.54, 1.807) is 0 Å². The van der Waals surface area contributed by atoms with Gasteiger partial charge in [0.1, 0.15) is 6.33 Å². The predicted molar refractivity (Wildman–Crippen MR) is 93.1 cm³/mol. The fraction of sp³-hybridized carbons (Fsp3) is 0.118. The summed E-state index contributed by atoms with van der Waals surface area (Å²) in [5.74, 6) is 0. The summed E-state index contributed by atoms with van der Waals surface area (Å²) in [6, 6.07) is 15.5. The quantitative estimate of drug-likeness (QED) is 0.692. The summed E-state index contributed by atoms with van der Waals surface area (Å²) in [6.45, 7) is 0. The Kier molecular flexibility index (Phi) is 4.02. The van der Waals surface area contributed by atoms with E-state index in [2.05, 4.69) is 4.98 Å². The molecule has 0 unspecified atom stereocenters. The molecule has 0 spiro atoms. The number of aromatic nitrogens is 2. The van der Waals surface area contributed by atoms with E-state index in [0.29, 0.717) is 11.0 Å². The Bertz CT molecular complexity index is 958. The molecule has 0 amide bonds. The van der Waals surface area contributed by atoms with Gasteiger partial charge in [0, 0.05) is 14.1 Å². The van der Waals surface area contributed by atoms with Crippen LogP contribution in [-0.2, 0) is 10.2 Å². The van der Waals surface area contributed by atoms with Crippen molar-refractivity contribution in [2.45, 2.75) is 0 Å². The monoisotopic (exact) mass is 327 g/mol. The summed E-state index contributed by atoms with van der Waals surface area (Å²) in [5, 5.41) is 0. The fourth-order valence-electron chi connectivity index (χ4n) is 2.22. The molecule has 0 aliphatic carbocycles. The van der Waals surface area contributed by atoms with Crippen molar-refractivity contribution in [3.63, 3.8) is 0 Å². The molecule has 0 saturated carbocycles. The fourth-order valence-corrected chi connectivity index (χ4v) is 3.14. The topological polar surface area (TPSA) is 55.2 Å². The molecule has 118 valence electrons. The lowest BCUT2D eigenvalue weighted by molar-refractivity contribution is 0.512. The summed E-state index contributed by atoms with van der Waals surface area (Å²) in [5.41, 5.74) is 3.21. The molecule has 2 aromatic carbocycles. The zero-order chi connectivity index (χ0) is 16.4. The third-order valence-electron chi connectivity index (χ3n) is 3.52. The second kappa shape index (κ2) is 5.98. The highest BCUT2D eigenvalue weighted by Gasteiger charge is 2.19. The zero-order valence-corrected chi connectivity index (χ0v) is 13.7. The number of hydrogen-bond donors (Lipinski definition) is 0. The van der Waals surface area contributed by atoms with Crippen molar-refractivity contribution >= 4 is 33.4 Å². The first-order valence-corrected chi connectivity index (χ1v) is 8.51. The molecule has 0 radical (unpaired) electrons. The highest BCUT2D eigenvalue weighted by Crippen LogP contribution is 2.19. The van der Waals surface area contributed by atoms with Gasteiger partial charge in [0.15, 0.2) is 0 Å². The Morgan fingerprint density at radius 3 is 2.39 bits per heavy atom. The summed E-state index contributed by atoms with van der Waals surface area (Å²) < 4.78 is 27.0. The van der Waals surface area contributed by atoms with E-state index in [-0.39, 0.29) is 0 Å². The van der Waals surface area contributed by atoms with Crippen molar-refractivity contribution < 1.29 is 8.42 Å². The van der Waals surface area contributed by atoms with Gasteiger partial charge in [-0.1, -0.05) is 48.6 Å². The van der Waals surface area contributed by atoms with Gasteiger partial charge in [0.2, 0.25) is 0 Å². The Morgan fingerprint density at radius 2 is 1.70 bits per heavy atom. The number of nitrogens with zero attached hydrogens (tertiary/aromatic N) is 3. The molecule has 6 heteroatoms. The van der Waals surface area contributed by atoms with E-state index in [1.165, 1.54) is 28.7 Å². The van der Waals surface area contributed by atoms with E-state index in [4.69, 9.17) is 0 Å². The molecular weight excluding hydrogens is 310 g/mol. The smallest absolute Gasteiger partial charge is 0.236 e. The molecule has 3 rings (SSSR count). The second-order valence-electron chi connectivity index (χ2n) is 5.32. The third-order valence-corrected chi connectivity index (χ3v) is 5.23. The number of imidazole rings is 1. The Balaban J connectivity index is 2.03. The lowest BCUT2D eigenvalue weighted by Gasteiger charge is -2.12. The van der Waals surface area contributed by atoms with Crippen LogP contribution >= 0.6 is 0 Å². The average molecular weight is 327 g/mol. The summed E-state index contributed by atoms with van der Waals surface area (Å²) in [4.78, 5) is 4.16. The van der Waals surface area contributed by atoms with Gasteiger partial charge in [-0.25, -0.2) is 8.96 Å². The van der Waals surface area contributed by atoms with E-state index in [9.17, 15) is 8.42 Å². The predicted octanol–water partition coefficient (Wildman–Crippen LogP) is 2.86. The van der Waals surface area contributed by atoms with Crippen molar-refractivity contribution in [1.82, 2.24) is 13.3 Å². The van der Waals surface area contributed by atoms with E-state index >= 15 is 0 Å². The molecular formula is C17H17N3O2S. The van der Waals surface area contributed by atoms with E-state index in [0.717, 1.165) is 11.1 Å². The van der Waals surface area contributed by atoms with Crippen LogP contribution in [0.2, 0.25) is 0 Å². The van der Waals surface area contributed by atoms with E-state index < -0.39 is 10.2 Å². The first kappa shape index (κ1) is 15.5. The zero-order valence-electron chi connectivity index (χ0n) is 12.9. The van der Waals surface area contributed by atoms with Gasteiger partial charge < -0.3 is 0 Å². The normalized spacial score (nSPS) is 12.5. The molecule has 0 bridgehead atoms. The van der Waals surface area contributed by atoms with Crippen molar-refractivity contribution in [3.8, 4) is 0 Å². The molecule has 1 heterocycles. The number of hydrogen-bond acceptors (Lipinski definition) is 3.